The third-order valence-electron chi connectivity index (χ3n) is 1.09. The highest BCUT2D eigenvalue weighted by Crippen LogP contribution is 2.00. The molecule has 0 aromatic carbocycles. The number of halogens is 1. The standard InChI is InChI=1S/C6H7BrN2/c1-9-6(2-4-7)3-5-8-9/h2-5H,1H3/b4-2+. The molecular formula is C6H7BrN2. The van der Waals surface area contributed by atoms with Crippen molar-refractivity contribution in [1.82, 2.24) is 9.78 Å². The van der Waals surface area contributed by atoms with Crippen molar-refractivity contribution in [3.05, 3.63) is 22.9 Å². The summed E-state index contributed by atoms with van der Waals surface area (Å²) in [5.74, 6) is 0. The molecule has 0 aliphatic carbocycles. The summed E-state index contributed by atoms with van der Waals surface area (Å²) >= 11 is 3.18. The van der Waals surface area contributed by atoms with E-state index >= 15 is 0 Å². The van der Waals surface area contributed by atoms with E-state index < -0.39 is 0 Å². The van der Waals surface area contributed by atoms with Crippen LogP contribution in [0.5, 0.6) is 0 Å². The van der Waals surface area contributed by atoms with Crippen molar-refractivity contribution in [2.45, 2.75) is 0 Å². The number of aromatic nitrogens is 2. The van der Waals surface area contributed by atoms with Gasteiger partial charge < -0.3 is 0 Å². The molecule has 1 rings (SSSR count). The van der Waals surface area contributed by atoms with Crippen LogP contribution in [0.25, 0.3) is 6.08 Å². The van der Waals surface area contributed by atoms with Crippen molar-refractivity contribution in [1.29, 1.82) is 0 Å². The molecule has 2 nitrogen and oxygen atoms in total. The second-order valence-corrected chi connectivity index (χ2v) is 2.20. The second-order valence-electron chi connectivity index (χ2n) is 1.67. The molecule has 48 valence electrons. The van der Waals surface area contributed by atoms with E-state index in [4.69, 9.17) is 0 Å². The van der Waals surface area contributed by atoms with Crippen LogP contribution in [0, 0.1) is 0 Å². The van der Waals surface area contributed by atoms with Gasteiger partial charge in [0.2, 0.25) is 0 Å². The van der Waals surface area contributed by atoms with Gasteiger partial charge in [-0.3, -0.25) is 4.68 Å². The summed E-state index contributed by atoms with van der Waals surface area (Å²) in [6.45, 7) is 0. The van der Waals surface area contributed by atoms with Gasteiger partial charge in [0.25, 0.3) is 0 Å². The molecule has 3 heteroatoms. The zero-order chi connectivity index (χ0) is 6.69. The highest BCUT2D eigenvalue weighted by molar-refractivity contribution is 9.11. The molecule has 0 radical (unpaired) electrons. The first-order valence-electron chi connectivity index (χ1n) is 2.59. The van der Waals surface area contributed by atoms with Crippen molar-refractivity contribution in [2.75, 3.05) is 0 Å². The van der Waals surface area contributed by atoms with Crippen LogP contribution < -0.4 is 0 Å². The summed E-state index contributed by atoms with van der Waals surface area (Å²) in [6.07, 6.45) is 3.70. The minimum atomic E-state index is 1.09. The van der Waals surface area contributed by atoms with E-state index in [1.54, 1.807) is 10.9 Å². The first-order valence-corrected chi connectivity index (χ1v) is 3.51. The first kappa shape index (κ1) is 6.55. The van der Waals surface area contributed by atoms with Crippen molar-refractivity contribution in [3.8, 4) is 0 Å². The van der Waals surface area contributed by atoms with Gasteiger partial charge in [0.05, 0.1) is 5.69 Å². The van der Waals surface area contributed by atoms with Gasteiger partial charge in [0.15, 0.2) is 0 Å². The Morgan fingerprint density at radius 3 is 3.00 bits per heavy atom. The zero-order valence-corrected chi connectivity index (χ0v) is 6.67. The molecule has 0 aliphatic heterocycles. The van der Waals surface area contributed by atoms with E-state index in [1.807, 2.05) is 24.2 Å². The topological polar surface area (TPSA) is 17.8 Å². The lowest BCUT2D eigenvalue weighted by Crippen LogP contribution is -1.91. The predicted molar refractivity (Wildman–Crippen MR) is 41.2 cm³/mol. The normalized spacial score (nSPS) is 10.9. The first-order chi connectivity index (χ1) is 4.34. The predicted octanol–water partition coefficient (Wildman–Crippen LogP) is 1.79. The quantitative estimate of drug-likeness (QED) is 0.655. The fourth-order valence-electron chi connectivity index (χ4n) is 0.612. The lowest BCUT2D eigenvalue weighted by atomic mass is 10.4. The Hall–Kier alpha value is -0.570. The molecule has 0 saturated heterocycles. The third kappa shape index (κ3) is 1.42. The number of hydrogen-bond donors (Lipinski definition) is 0. The Bertz CT molecular complexity index is 215. The van der Waals surface area contributed by atoms with Crippen LogP contribution >= 0.6 is 15.9 Å². The molecule has 0 unspecified atom stereocenters. The smallest absolute Gasteiger partial charge is 0.0611 e. The van der Waals surface area contributed by atoms with Gasteiger partial charge in [-0.2, -0.15) is 5.10 Å². The monoisotopic (exact) mass is 186 g/mol. The van der Waals surface area contributed by atoms with Crippen molar-refractivity contribution >= 4 is 22.0 Å². The maximum atomic E-state index is 3.98. The summed E-state index contributed by atoms with van der Waals surface area (Å²) in [4.78, 5) is 1.81. The van der Waals surface area contributed by atoms with Gasteiger partial charge in [-0.05, 0) is 17.1 Å². The molecule has 0 spiro atoms. The number of aryl methyl sites for hydroxylation is 1. The third-order valence-corrected chi connectivity index (χ3v) is 1.36. The fourth-order valence-corrected chi connectivity index (χ4v) is 0.883. The van der Waals surface area contributed by atoms with Crippen molar-refractivity contribution in [2.24, 2.45) is 7.05 Å². The van der Waals surface area contributed by atoms with Crippen LogP contribution in [-0.2, 0) is 7.05 Å². The molecule has 0 bridgehead atoms. The van der Waals surface area contributed by atoms with E-state index in [2.05, 4.69) is 21.0 Å². The molecule has 0 atom stereocenters. The Kier molecular flexibility index (Phi) is 2.05. The molecule has 0 fully saturated rings. The van der Waals surface area contributed by atoms with Gasteiger partial charge >= 0.3 is 0 Å². The minimum absolute atomic E-state index is 1.09. The van der Waals surface area contributed by atoms with E-state index in [1.165, 1.54) is 0 Å². The molecule has 9 heavy (non-hydrogen) atoms. The van der Waals surface area contributed by atoms with E-state index in [0.717, 1.165) is 5.69 Å². The second kappa shape index (κ2) is 2.82. The Morgan fingerprint density at radius 1 is 1.78 bits per heavy atom. The van der Waals surface area contributed by atoms with Crippen LogP contribution in [0.2, 0.25) is 0 Å². The molecule has 0 N–H and O–H groups in total. The molecule has 0 amide bonds. The van der Waals surface area contributed by atoms with Crippen LogP contribution in [-0.4, -0.2) is 9.78 Å². The van der Waals surface area contributed by atoms with E-state index in [9.17, 15) is 0 Å². The minimum Gasteiger partial charge on any atom is -0.269 e. The molecule has 1 heterocycles. The summed E-state index contributed by atoms with van der Waals surface area (Å²) in [5, 5.41) is 3.98. The zero-order valence-electron chi connectivity index (χ0n) is 5.08. The Labute approximate surface area is 62.3 Å². The van der Waals surface area contributed by atoms with Crippen LogP contribution in [0.1, 0.15) is 5.69 Å². The van der Waals surface area contributed by atoms with E-state index in [0.29, 0.717) is 0 Å². The lowest BCUT2D eigenvalue weighted by Gasteiger charge is -1.90. The van der Waals surface area contributed by atoms with E-state index in [-0.39, 0.29) is 0 Å². The summed E-state index contributed by atoms with van der Waals surface area (Å²) < 4.78 is 1.80. The number of rotatable bonds is 1. The highest BCUT2D eigenvalue weighted by atomic mass is 79.9. The molecular weight excluding hydrogens is 180 g/mol. The average Bonchev–Trinajstić information content (AvgIpc) is 2.18. The Morgan fingerprint density at radius 2 is 2.56 bits per heavy atom. The van der Waals surface area contributed by atoms with Gasteiger partial charge in [0, 0.05) is 13.2 Å². The van der Waals surface area contributed by atoms with Gasteiger partial charge in [-0.1, -0.05) is 15.9 Å². The van der Waals surface area contributed by atoms with Crippen LogP contribution in [0.15, 0.2) is 17.2 Å². The maximum absolute atomic E-state index is 3.98. The summed E-state index contributed by atoms with van der Waals surface area (Å²) in [5.41, 5.74) is 1.09. The van der Waals surface area contributed by atoms with Crippen molar-refractivity contribution < 1.29 is 0 Å². The molecule has 1 aromatic heterocycles. The average molecular weight is 187 g/mol. The Balaban J connectivity index is 2.94. The number of hydrogen-bond acceptors (Lipinski definition) is 1. The summed E-state index contributed by atoms with van der Waals surface area (Å²) in [7, 11) is 1.91. The summed E-state index contributed by atoms with van der Waals surface area (Å²) in [6, 6.07) is 1.94. The molecule has 0 aliphatic rings. The lowest BCUT2D eigenvalue weighted by molar-refractivity contribution is 0.760. The van der Waals surface area contributed by atoms with Gasteiger partial charge in [-0.25, -0.2) is 0 Å². The molecule has 0 saturated carbocycles. The van der Waals surface area contributed by atoms with Crippen LogP contribution in [0.3, 0.4) is 0 Å². The van der Waals surface area contributed by atoms with Crippen LogP contribution in [0.4, 0.5) is 0 Å². The van der Waals surface area contributed by atoms with Crippen molar-refractivity contribution in [3.63, 3.8) is 0 Å². The van der Waals surface area contributed by atoms with Gasteiger partial charge in [0.1, 0.15) is 0 Å². The largest absolute Gasteiger partial charge is 0.269 e. The highest BCUT2D eigenvalue weighted by Gasteiger charge is 1.88. The number of nitrogens with zero attached hydrogens (tertiary/aromatic N) is 2. The molecule has 1 aromatic rings. The maximum Gasteiger partial charge on any atom is 0.0611 e. The fraction of sp³-hybridized carbons (Fsp3) is 0.167. The van der Waals surface area contributed by atoms with Gasteiger partial charge in [-0.15, -0.1) is 0 Å². The SMILES string of the molecule is Cn1nccc1/C=C/Br.